The van der Waals surface area contributed by atoms with E-state index in [1.54, 1.807) is 4.90 Å². The van der Waals surface area contributed by atoms with Gasteiger partial charge in [0.2, 0.25) is 5.91 Å². The second kappa shape index (κ2) is 5.59. The van der Waals surface area contributed by atoms with Crippen molar-refractivity contribution in [1.82, 2.24) is 5.32 Å². The number of rotatable bonds is 6. The van der Waals surface area contributed by atoms with Gasteiger partial charge in [-0.15, -0.1) is 0 Å². The van der Waals surface area contributed by atoms with E-state index in [2.05, 4.69) is 5.32 Å². The Morgan fingerprint density at radius 3 is 2.89 bits per heavy atom. The molecule has 0 spiro atoms. The monoisotopic (exact) mass is 267 g/mol. The maximum atomic E-state index is 11.0. The summed E-state index contributed by atoms with van der Waals surface area (Å²) < 4.78 is 0. The first kappa shape index (κ1) is 13.2. The molecule has 98 valence electrons. The van der Waals surface area contributed by atoms with Crippen LogP contribution in [0, 0.1) is 0 Å². The number of hydrogen-bond acceptors (Lipinski definition) is 3. The number of carbonyl (C=O) groups excluding carboxylic acids is 1. The van der Waals surface area contributed by atoms with Crippen molar-refractivity contribution in [3.63, 3.8) is 0 Å². The standard InChI is InChI=1S/C13H18ClN3O/c1-17(8-12(15)18)13-9(3-2-4-11(13)14)7-16-10-5-6-10/h2-4,10,16H,5-8H2,1H3,(H2,15,18). The molecular formula is C13H18ClN3O. The molecule has 1 aliphatic rings. The largest absolute Gasteiger partial charge is 0.368 e. The van der Waals surface area contributed by atoms with E-state index in [9.17, 15) is 4.79 Å². The van der Waals surface area contributed by atoms with Crippen molar-refractivity contribution < 1.29 is 4.79 Å². The van der Waals surface area contributed by atoms with E-state index in [0.717, 1.165) is 17.8 Å². The molecule has 1 amide bonds. The number of nitrogens with one attached hydrogen (secondary N) is 1. The highest BCUT2D eigenvalue weighted by molar-refractivity contribution is 6.33. The number of carbonyl (C=O) groups is 1. The van der Waals surface area contributed by atoms with E-state index in [1.165, 1.54) is 12.8 Å². The number of amides is 1. The van der Waals surface area contributed by atoms with Gasteiger partial charge < -0.3 is 16.0 Å². The van der Waals surface area contributed by atoms with Crippen LogP contribution in [0.3, 0.4) is 0 Å². The molecule has 0 bridgehead atoms. The average molecular weight is 268 g/mol. The Labute approximate surface area is 112 Å². The van der Waals surface area contributed by atoms with Crippen molar-refractivity contribution >= 4 is 23.2 Å². The zero-order valence-corrected chi connectivity index (χ0v) is 11.2. The minimum absolute atomic E-state index is 0.167. The summed E-state index contributed by atoms with van der Waals surface area (Å²) in [5, 5.41) is 4.09. The number of likely N-dealkylation sites (N-methyl/N-ethyl adjacent to an activating group) is 1. The van der Waals surface area contributed by atoms with Gasteiger partial charge in [-0.3, -0.25) is 4.79 Å². The Balaban J connectivity index is 2.15. The lowest BCUT2D eigenvalue weighted by atomic mass is 10.1. The first-order valence-corrected chi connectivity index (χ1v) is 6.46. The quantitative estimate of drug-likeness (QED) is 0.822. The highest BCUT2D eigenvalue weighted by atomic mass is 35.5. The lowest BCUT2D eigenvalue weighted by molar-refractivity contribution is -0.116. The molecule has 0 saturated heterocycles. The highest BCUT2D eigenvalue weighted by Crippen LogP contribution is 2.30. The Kier molecular flexibility index (Phi) is 4.09. The van der Waals surface area contributed by atoms with Crippen LogP contribution in [0.25, 0.3) is 0 Å². The number of hydrogen-bond donors (Lipinski definition) is 2. The summed E-state index contributed by atoms with van der Waals surface area (Å²) in [6, 6.07) is 6.41. The first-order chi connectivity index (χ1) is 8.58. The van der Waals surface area contributed by atoms with E-state index >= 15 is 0 Å². The van der Waals surface area contributed by atoms with Crippen molar-refractivity contribution in [3.05, 3.63) is 28.8 Å². The van der Waals surface area contributed by atoms with Crippen molar-refractivity contribution in [2.45, 2.75) is 25.4 Å². The Morgan fingerprint density at radius 1 is 1.56 bits per heavy atom. The molecule has 2 rings (SSSR count). The van der Waals surface area contributed by atoms with Gasteiger partial charge in [0.25, 0.3) is 0 Å². The smallest absolute Gasteiger partial charge is 0.236 e. The molecule has 5 heteroatoms. The maximum Gasteiger partial charge on any atom is 0.236 e. The second-order valence-electron chi connectivity index (χ2n) is 4.73. The normalized spacial score (nSPS) is 14.6. The molecule has 3 N–H and O–H groups in total. The third-order valence-corrected chi connectivity index (χ3v) is 3.31. The first-order valence-electron chi connectivity index (χ1n) is 6.08. The summed E-state index contributed by atoms with van der Waals surface area (Å²) in [6.07, 6.45) is 2.49. The fourth-order valence-corrected chi connectivity index (χ4v) is 2.32. The van der Waals surface area contributed by atoms with Crippen molar-refractivity contribution in [3.8, 4) is 0 Å². The van der Waals surface area contributed by atoms with Crippen LogP contribution in [0.2, 0.25) is 5.02 Å². The molecule has 1 aromatic carbocycles. The lowest BCUT2D eigenvalue weighted by Crippen LogP contribution is -2.31. The summed E-state index contributed by atoms with van der Waals surface area (Å²) in [5.41, 5.74) is 7.20. The van der Waals surface area contributed by atoms with Crippen LogP contribution in [0.15, 0.2) is 18.2 Å². The fraction of sp³-hybridized carbons (Fsp3) is 0.462. The van der Waals surface area contributed by atoms with Gasteiger partial charge in [0.15, 0.2) is 0 Å². The van der Waals surface area contributed by atoms with Crippen LogP contribution in [0.5, 0.6) is 0 Å². The highest BCUT2D eigenvalue weighted by Gasteiger charge is 2.21. The number of para-hydroxylation sites is 1. The van der Waals surface area contributed by atoms with E-state index in [4.69, 9.17) is 17.3 Å². The van der Waals surface area contributed by atoms with Crippen LogP contribution in [-0.2, 0) is 11.3 Å². The number of nitrogens with zero attached hydrogens (tertiary/aromatic N) is 1. The third kappa shape index (κ3) is 3.37. The van der Waals surface area contributed by atoms with E-state index in [1.807, 2.05) is 25.2 Å². The van der Waals surface area contributed by atoms with Crippen LogP contribution in [-0.4, -0.2) is 25.5 Å². The second-order valence-corrected chi connectivity index (χ2v) is 5.13. The molecule has 0 aliphatic heterocycles. The zero-order valence-electron chi connectivity index (χ0n) is 10.4. The van der Waals surface area contributed by atoms with Gasteiger partial charge in [-0.1, -0.05) is 23.7 Å². The number of anilines is 1. The summed E-state index contributed by atoms with van der Waals surface area (Å²) in [5.74, 6) is -0.362. The molecule has 18 heavy (non-hydrogen) atoms. The van der Waals surface area contributed by atoms with Gasteiger partial charge in [0, 0.05) is 19.6 Å². The van der Waals surface area contributed by atoms with Gasteiger partial charge in [-0.25, -0.2) is 0 Å². The fourth-order valence-electron chi connectivity index (χ4n) is 1.98. The van der Waals surface area contributed by atoms with Crippen LogP contribution >= 0.6 is 11.6 Å². The molecule has 1 aliphatic carbocycles. The predicted molar refractivity (Wildman–Crippen MR) is 73.8 cm³/mol. The molecule has 4 nitrogen and oxygen atoms in total. The minimum Gasteiger partial charge on any atom is -0.368 e. The SMILES string of the molecule is CN(CC(N)=O)c1c(Cl)cccc1CNC1CC1. The summed E-state index contributed by atoms with van der Waals surface area (Å²) in [7, 11) is 1.83. The van der Waals surface area contributed by atoms with Crippen LogP contribution in [0.1, 0.15) is 18.4 Å². The molecule has 0 atom stereocenters. The Hall–Kier alpha value is -1.26. The lowest BCUT2D eigenvalue weighted by Gasteiger charge is -2.22. The van der Waals surface area contributed by atoms with Crippen molar-refractivity contribution in [2.75, 3.05) is 18.5 Å². The predicted octanol–water partition coefficient (Wildman–Crippen LogP) is 1.51. The minimum atomic E-state index is -0.362. The third-order valence-electron chi connectivity index (χ3n) is 3.00. The number of nitrogens with two attached hydrogens (primary N) is 1. The maximum absolute atomic E-state index is 11.0. The topological polar surface area (TPSA) is 58.4 Å². The summed E-state index contributed by atoms with van der Waals surface area (Å²) >= 11 is 6.22. The van der Waals surface area contributed by atoms with Crippen molar-refractivity contribution in [1.29, 1.82) is 0 Å². The van der Waals surface area contributed by atoms with Gasteiger partial charge in [0.1, 0.15) is 0 Å². The van der Waals surface area contributed by atoms with Gasteiger partial charge >= 0.3 is 0 Å². The molecule has 0 radical (unpaired) electrons. The molecule has 0 unspecified atom stereocenters. The molecular weight excluding hydrogens is 250 g/mol. The van der Waals surface area contributed by atoms with Crippen molar-refractivity contribution in [2.24, 2.45) is 5.73 Å². The molecule has 0 aromatic heterocycles. The number of halogens is 1. The van der Waals surface area contributed by atoms with Gasteiger partial charge in [-0.2, -0.15) is 0 Å². The molecule has 1 aromatic rings. The Bertz CT molecular complexity index is 446. The Morgan fingerprint density at radius 2 is 2.28 bits per heavy atom. The molecule has 1 fully saturated rings. The van der Waals surface area contributed by atoms with Crippen LogP contribution in [0.4, 0.5) is 5.69 Å². The summed E-state index contributed by atoms with van der Waals surface area (Å²) in [4.78, 5) is 12.8. The molecule has 1 saturated carbocycles. The van der Waals surface area contributed by atoms with E-state index in [0.29, 0.717) is 11.1 Å². The number of primary amides is 1. The zero-order chi connectivity index (χ0) is 13.1. The average Bonchev–Trinajstić information content (AvgIpc) is 3.08. The molecule has 0 heterocycles. The number of benzene rings is 1. The van der Waals surface area contributed by atoms with Gasteiger partial charge in [-0.05, 0) is 24.5 Å². The summed E-state index contributed by atoms with van der Waals surface area (Å²) in [6.45, 7) is 0.934. The van der Waals surface area contributed by atoms with E-state index in [-0.39, 0.29) is 12.5 Å². The van der Waals surface area contributed by atoms with E-state index < -0.39 is 0 Å². The van der Waals surface area contributed by atoms with Crippen LogP contribution < -0.4 is 16.0 Å². The van der Waals surface area contributed by atoms with Gasteiger partial charge in [0.05, 0.1) is 17.3 Å².